The van der Waals surface area contributed by atoms with E-state index in [1.54, 1.807) is 7.11 Å². The zero-order chi connectivity index (χ0) is 20.6. The standard InChI is InChI=1S/C24H37BrN2O2/c1-3-24(28)26-21-6-4-18(5-7-21)10-13-27-14-11-19(12-15-27)16-20-17-22(29-2)8-9-23(20)25/h8-9,17-19,21H,3-7,10-16H2,1-2H3,(H,26,28)/t18-,21-. The van der Waals surface area contributed by atoms with Crippen LogP contribution in [0.15, 0.2) is 22.7 Å². The normalized spacial score (nSPS) is 23.7. The molecule has 3 rings (SSSR count). The highest BCUT2D eigenvalue weighted by Crippen LogP contribution is 2.30. The van der Waals surface area contributed by atoms with Crippen molar-refractivity contribution in [3.05, 3.63) is 28.2 Å². The number of amides is 1. The van der Waals surface area contributed by atoms with Crippen molar-refractivity contribution in [2.24, 2.45) is 11.8 Å². The molecule has 2 aliphatic rings. The van der Waals surface area contributed by atoms with Crippen molar-refractivity contribution in [3.63, 3.8) is 0 Å². The number of ether oxygens (including phenoxy) is 1. The fourth-order valence-electron chi connectivity index (χ4n) is 4.85. The van der Waals surface area contributed by atoms with Crippen LogP contribution in [0.1, 0.15) is 63.9 Å². The molecule has 1 N–H and O–H groups in total. The first kappa shape index (κ1) is 22.6. The summed E-state index contributed by atoms with van der Waals surface area (Å²) < 4.78 is 6.59. The highest BCUT2D eigenvalue weighted by molar-refractivity contribution is 9.10. The van der Waals surface area contributed by atoms with E-state index >= 15 is 0 Å². The number of likely N-dealkylation sites (tertiary alicyclic amines) is 1. The fourth-order valence-corrected chi connectivity index (χ4v) is 5.26. The van der Waals surface area contributed by atoms with Crippen LogP contribution in [-0.4, -0.2) is 43.6 Å². The van der Waals surface area contributed by atoms with Gasteiger partial charge in [0.25, 0.3) is 0 Å². The Balaban J connectivity index is 1.34. The fraction of sp³-hybridized carbons (Fsp3) is 0.708. The monoisotopic (exact) mass is 464 g/mol. The maximum atomic E-state index is 11.6. The number of nitrogens with one attached hydrogen (secondary N) is 1. The van der Waals surface area contributed by atoms with Crippen molar-refractivity contribution < 1.29 is 9.53 Å². The van der Waals surface area contributed by atoms with Crippen molar-refractivity contribution in [2.75, 3.05) is 26.7 Å². The van der Waals surface area contributed by atoms with Gasteiger partial charge in [-0.2, -0.15) is 0 Å². The van der Waals surface area contributed by atoms with E-state index < -0.39 is 0 Å². The predicted molar refractivity (Wildman–Crippen MR) is 122 cm³/mol. The van der Waals surface area contributed by atoms with Crippen LogP contribution in [0.4, 0.5) is 0 Å². The van der Waals surface area contributed by atoms with Crippen molar-refractivity contribution in [3.8, 4) is 5.75 Å². The summed E-state index contributed by atoms with van der Waals surface area (Å²) in [7, 11) is 1.74. The maximum absolute atomic E-state index is 11.6. The van der Waals surface area contributed by atoms with E-state index in [0.717, 1.165) is 36.8 Å². The van der Waals surface area contributed by atoms with Crippen LogP contribution in [0, 0.1) is 11.8 Å². The van der Waals surface area contributed by atoms with E-state index in [9.17, 15) is 4.79 Å². The molecule has 4 nitrogen and oxygen atoms in total. The Labute approximate surface area is 184 Å². The minimum atomic E-state index is 0.206. The van der Waals surface area contributed by atoms with Gasteiger partial charge in [-0.1, -0.05) is 22.9 Å². The second-order valence-electron chi connectivity index (χ2n) is 8.87. The number of carbonyl (C=O) groups is 1. The minimum Gasteiger partial charge on any atom is -0.497 e. The van der Waals surface area contributed by atoms with Gasteiger partial charge in [-0.15, -0.1) is 0 Å². The van der Waals surface area contributed by atoms with Gasteiger partial charge in [0.05, 0.1) is 7.11 Å². The van der Waals surface area contributed by atoms with E-state index in [2.05, 4.69) is 38.3 Å². The number of halogens is 1. The summed E-state index contributed by atoms with van der Waals surface area (Å²) in [4.78, 5) is 14.2. The minimum absolute atomic E-state index is 0.206. The quantitative estimate of drug-likeness (QED) is 0.575. The molecular formula is C24H37BrN2O2. The van der Waals surface area contributed by atoms with Crippen LogP contribution in [0.3, 0.4) is 0 Å². The first-order valence-corrected chi connectivity index (χ1v) is 12.2. The molecule has 1 aromatic carbocycles. The zero-order valence-electron chi connectivity index (χ0n) is 18.1. The number of nitrogens with zero attached hydrogens (tertiary/aromatic N) is 1. The van der Waals surface area contributed by atoms with Gasteiger partial charge in [0.15, 0.2) is 0 Å². The Hall–Kier alpha value is -1.07. The SMILES string of the molecule is CCC(=O)N[C@H]1CC[C@H](CCN2CCC(Cc3cc(OC)ccc3Br)CC2)CC1. The smallest absolute Gasteiger partial charge is 0.219 e. The van der Waals surface area contributed by atoms with Gasteiger partial charge in [0, 0.05) is 16.9 Å². The summed E-state index contributed by atoms with van der Waals surface area (Å²) in [6.45, 7) is 5.63. The van der Waals surface area contributed by atoms with Crippen LogP contribution in [0.25, 0.3) is 0 Å². The van der Waals surface area contributed by atoms with Crippen molar-refractivity contribution in [1.82, 2.24) is 10.2 Å². The topological polar surface area (TPSA) is 41.6 Å². The average molecular weight is 465 g/mol. The molecule has 1 saturated heterocycles. The highest BCUT2D eigenvalue weighted by Gasteiger charge is 2.24. The molecule has 1 aromatic rings. The first-order chi connectivity index (χ1) is 14.1. The molecule has 29 heavy (non-hydrogen) atoms. The lowest BCUT2D eigenvalue weighted by Gasteiger charge is -2.34. The predicted octanol–water partition coefficient (Wildman–Crippen LogP) is 5.19. The Bertz CT molecular complexity index is 650. The third-order valence-electron chi connectivity index (χ3n) is 6.86. The van der Waals surface area contributed by atoms with Crippen LogP contribution >= 0.6 is 15.9 Å². The molecule has 5 heteroatoms. The Kier molecular flexibility index (Phi) is 8.85. The molecule has 1 heterocycles. The van der Waals surface area contributed by atoms with Crippen LogP contribution in [0.5, 0.6) is 5.75 Å². The number of hydrogen-bond acceptors (Lipinski definition) is 3. The molecule has 0 atom stereocenters. The highest BCUT2D eigenvalue weighted by atomic mass is 79.9. The number of piperidine rings is 1. The van der Waals surface area contributed by atoms with Crippen LogP contribution in [-0.2, 0) is 11.2 Å². The second-order valence-corrected chi connectivity index (χ2v) is 9.73. The van der Waals surface area contributed by atoms with Crippen LogP contribution < -0.4 is 10.1 Å². The van der Waals surface area contributed by atoms with E-state index in [-0.39, 0.29) is 5.91 Å². The summed E-state index contributed by atoms with van der Waals surface area (Å²) in [5.74, 6) is 2.77. The van der Waals surface area contributed by atoms with Crippen molar-refractivity contribution in [2.45, 2.75) is 70.8 Å². The number of hydrogen-bond donors (Lipinski definition) is 1. The Morgan fingerprint density at radius 2 is 1.86 bits per heavy atom. The molecule has 0 radical (unpaired) electrons. The zero-order valence-corrected chi connectivity index (χ0v) is 19.7. The average Bonchev–Trinajstić information content (AvgIpc) is 2.75. The van der Waals surface area contributed by atoms with E-state index in [4.69, 9.17) is 4.74 Å². The first-order valence-electron chi connectivity index (χ1n) is 11.4. The van der Waals surface area contributed by atoms with Gasteiger partial charge in [0.1, 0.15) is 5.75 Å². The number of carbonyl (C=O) groups excluding carboxylic acids is 1. The van der Waals surface area contributed by atoms with Gasteiger partial charge in [-0.25, -0.2) is 0 Å². The third kappa shape index (κ3) is 6.99. The van der Waals surface area contributed by atoms with Gasteiger partial charge in [0.2, 0.25) is 5.91 Å². The molecule has 0 aromatic heterocycles. The third-order valence-corrected chi connectivity index (χ3v) is 7.63. The number of benzene rings is 1. The molecule has 0 spiro atoms. The van der Waals surface area contributed by atoms with E-state index in [0.29, 0.717) is 12.5 Å². The summed E-state index contributed by atoms with van der Waals surface area (Å²) >= 11 is 3.70. The molecule has 2 fully saturated rings. The van der Waals surface area contributed by atoms with Crippen molar-refractivity contribution in [1.29, 1.82) is 0 Å². The molecule has 1 aliphatic heterocycles. The molecule has 0 bridgehead atoms. The van der Waals surface area contributed by atoms with E-state index in [1.165, 1.54) is 61.8 Å². The van der Waals surface area contributed by atoms with E-state index in [1.807, 2.05) is 13.0 Å². The van der Waals surface area contributed by atoms with Gasteiger partial charge in [-0.05, 0) is 107 Å². The molecule has 1 aliphatic carbocycles. The molecule has 0 unspecified atom stereocenters. The summed E-state index contributed by atoms with van der Waals surface area (Å²) in [5.41, 5.74) is 1.37. The van der Waals surface area contributed by atoms with Gasteiger partial charge >= 0.3 is 0 Å². The van der Waals surface area contributed by atoms with Crippen LogP contribution in [0.2, 0.25) is 0 Å². The molecule has 1 saturated carbocycles. The number of methoxy groups -OCH3 is 1. The molecular weight excluding hydrogens is 428 g/mol. The van der Waals surface area contributed by atoms with Crippen molar-refractivity contribution >= 4 is 21.8 Å². The second kappa shape index (κ2) is 11.4. The lowest BCUT2D eigenvalue weighted by Crippen LogP contribution is -2.38. The summed E-state index contributed by atoms with van der Waals surface area (Å²) in [6.07, 6.45) is 10.5. The summed E-state index contributed by atoms with van der Waals surface area (Å²) in [5, 5.41) is 3.17. The lowest BCUT2D eigenvalue weighted by molar-refractivity contribution is -0.121. The lowest BCUT2D eigenvalue weighted by atomic mass is 9.83. The van der Waals surface area contributed by atoms with Gasteiger partial charge in [-0.3, -0.25) is 4.79 Å². The maximum Gasteiger partial charge on any atom is 0.219 e. The summed E-state index contributed by atoms with van der Waals surface area (Å²) in [6, 6.07) is 6.72. The Morgan fingerprint density at radius 1 is 1.14 bits per heavy atom. The number of rotatable bonds is 8. The molecule has 1 amide bonds. The largest absolute Gasteiger partial charge is 0.497 e. The van der Waals surface area contributed by atoms with Gasteiger partial charge < -0.3 is 15.0 Å². The Morgan fingerprint density at radius 3 is 2.52 bits per heavy atom. The molecule has 162 valence electrons.